The third-order valence-electron chi connectivity index (χ3n) is 5.24. The van der Waals surface area contributed by atoms with Gasteiger partial charge in [0.1, 0.15) is 16.4 Å². The lowest BCUT2D eigenvalue weighted by atomic mass is 10.1. The van der Waals surface area contributed by atoms with E-state index in [2.05, 4.69) is 12.2 Å². The second-order valence-electron chi connectivity index (χ2n) is 7.44. The number of rotatable bonds is 7. The smallest absolute Gasteiger partial charge is 0.283 e. The lowest BCUT2D eigenvalue weighted by Crippen LogP contribution is -2.32. The zero-order valence-electron chi connectivity index (χ0n) is 18.2. The van der Waals surface area contributed by atoms with Crippen LogP contribution in [-0.2, 0) is 16.0 Å². The van der Waals surface area contributed by atoms with Crippen LogP contribution in [0, 0.1) is 6.92 Å². The molecule has 1 N–H and O–H groups in total. The van der Waals surface area contributed by atoms with Crippen LogP contribution < -0.4 is 15.0 Å². The van der Waals surface area contributed by atoms with E-state index in [-0.39, 0.29) is 17.5 Å². The molecule has 2 amide bonds. The second-order valence-corrected chi connectivity index (χ2v) is 8.52. The van der Waals surface area contributed by atoms with E-state index in [1.165, 1.54) is 22.2 Å². The fraction of sp³-hybridized carbons (Fsp3) is 0.154. The summed E-state index contributed by atoms with van der Waals surface area (Å²) in [5.41, 5.74) is 3.87. The fourth-order valence-electron chi connectivity index (χ4n) is 3.37. The first-order valence-electron chi connectivity index (χ1n) is 10.4. The van der Waals surface area contributed by atoms with Gasteiger partial charge in [-0.05, 0) is 67.4 Å². The fourth-order valence-corrected chi connectivity index (χ4v) is 4.30. The lowest BCUT2D eigenvalue weighted by Gasteiger charge is -2.15. The molecule has 1 heterocycles. The minimum Gasteiger partial charge on any atom is -0.497 e. The summed E-state index contributed by atoms with van der Waals surface area (Å²) in [6.07, 6.45) is 0.931. The van der Waals surface area contributed by atoms with Gasteiger partial charge in [0.05, 0.1) is 12.8 Å². The van der Waals surface area contributed by atoms with Crippen molar-refractivity contribution >= 4 is 35.0 Å². The standard InChI is InChI=1S/C26H24N2O3S/c1-4-18-7-9-19(10-8-18)27-23-24(32-22-15-5-17(2)6-16-22)26(30)28(25(23)29)20-11-13-21(31-3)14-12-20/h5-16,27H,4H2,1-3H3. The van der Waals surface area contributed by atoms with Gasteiger partial charge in [-0.2, -0.15) is 0 Å². The van der Waals surface area contributed by atoms with E-state index in [0.717, 1.165) is 22.6 Å². The van der Waals surface area contributed by atoms with Gasteiger partial charge in [-0.1, -0.05) is 48.5 Å². The minimum atomic E-state index is -0.380. The molecular weight excluding hydrogens is 420 g/mol. The van der Waals surface area contributed by atoms with Crippen molar-refractivity contribution in [1.82, 2.24) is 0 Å². The molecule has 3 aromatic rings. The van der Waals surface area contributed by atoms with Crippen LogP contribution in [0.25, 0.3) is 0 Å². The van der Waals surface area contributed by atoms with E-state index < -0.39 is 0 Å². The number of imide groups is 1. The molecule has 5 nitrogen and oxygen atoms in total. The molecule has 162 valence electrons. The lowest BCUT2D eigenvalue weighted by molar-refractivity contribution is -0.120. The quantitative estimate of drug-likeness (QED) is 0.484. The Morgan fingerprint density at radius 3 is 2.12 bits per heavy atom. The molecule has 3 aromatic carbocycles. The molecule has 0 spiro atoms. The van der Waals surface area contributed by atoms with Crippen molar-refractivity contribution in [2.45, 2.75) is 25.2 Å². The minimum absolute atomic E-state index is 0.278. The summed E-state index contributed by atoms with van der Waals surface area (Å²) >= 11 is 1.29. The van der Waals surface area contributed by atoms with Crippen molar-refractivity contribution in [2.75, 3.05) is 17.3 Å². The molecule has 0 fully saturated rings. The van der Waals surface area contributed by atoms with Gasteiger partial charge in [-0.25, -0.2) is 4.90 Å². The van der Waals surface area contributed by atoms with Gasteiger partial charge < -0.3 is 10.1 Å². The Morgan fingerprint density at radius 2 is 1.53 bits per heavy atom. The van der Waals surface area contributed by atoms with E-state index >= 15 is 0 Å². The van der Waals surface area contributed by atoms with Crippen LogP contribution in [0.5, 0.6) is 5.75 Å². The Kier molecular flexibility index (Phi) is 6.32. The molecule has 0 radical (unpaired) electrons. The maximum Gasteiger partial charge on any atom is 0.283 e. The first-order valence-corrected chi connectivity index (χ1v) is 11.2. The predicted molar refractivity (Wildman–Crippen MR) is 129 cm³/mol. The third kappa shape index (κ3) is 4.41. The van der Waals surface area contributed by atoms with Crippen molar-refractivity contribution in [3.05, 3.63) is 94.5 Å². The number of amides is 2. The summed E-state index contributed by atoms with van der Waals surface area (Å²) in [7, 11) is 1.57. The molecule has 0 bridgehead atoms. The molecule has 1 aliphatic rings. The number of carbonyl (C=O) groups is 2. The number of benzene rings is 3. The van der Waals surface area contributed by atoms with Crippen molar-refractivity contribution < 1.29 is 14.3 Å². The van der Waals surface area contributed by atoms with Crippen LogP contribution in [0.2, 0.25) is 0 Å². The monoisotopic (exact) mass is 444 g/mol. The normalized spacial score (nSPS) is 13.7. The molecule has 0 saturated heterocycles. The number of anilines is 2. The molecule has 0 saturated carbocycles. The highest BCUT2D eigenvalue weighted by Gasteiger charge is 2.40. The highest BCUT2D eigenvalue weighted by atomic mass is 32.2. The number of carbonyl (C=O) groups excluding carboxylic acids is 2. The number of methoxy groups -OCH3 is 1. The molecular formula is C26H24N2O3S. The topological polar surface area (TPSA) is 58.6 Å². The Morgan fingerprint density at radius 1 is 0.875 bits per heavy atom. The SMILES string of the molecule is CCc1ccc(NC2=C(Sc3ccc(C)cc3)C(=O)N(c3ccc(OC)cc3)C2=O)cc1. The maximum atomic E-state index is 13.4. The Bertz CT molecular complexity index is 1170. The number of nitrogens with zero attached hydrogens (tertiary/aromatic N) is 1. The summed E-state index contributed by atoms with van der Waals surface area (Å²) in [5, 5.41) is 3.20. The average Bonchev–Trinajstić information content (AvgIpc) is 3.05. The molecule has 1 aliphatic heterocycles. The number of hydrogen-bond acceptors (Lipinski definition) is 5. The Balaban J connectivity index is 1.70. The van der Waals surface area contributed by atoms with Crippen molar-refractivity contribution in [3.8, 4) is 5.75 Å². The number of hydrogen-bond donors (Lipinski definition) is 1. The van der Waals surface area contributed by atoms with Gasteiger partial charge in [0.2, 0.25) is 0 Å². The molecule has 0 unspecified atom stereocenters. The molecule has 32 heavy (non-hydrogen) atoms. The van der Waals surface area contributed by atoms with Gasteiger partial charge in [-0.15, -0.1) is 0 Å². The van der Waals surface area contributed by atoms with Crippen molar-refractivity contribution in [1.29, 1.82) is 0 Å². The van der Waals surface area contributed by atoms with Crippen LogP contribution >= 0.6 is 11.8 Å². The number of thioether (sulfide) groups is 1. The van der Waals surface area contributed by atoms with Crippen LogP contribution in [0.4, 0.5) is 11.4 Å². The first-order chi connectivity index (χ1) is 15.5. The van der Waals surface area contributed by atoms with E-state index in [4.69, 9.17) is 4.74 Å². The van der Waals surface area contributed by atoms with E-state index in [1.54, 1.807) is 31.4 Å². The van der Waals surface area contributed by atoms with Gasteiger partial charge >= 0.3 is 0 Å². The van der Waals surface area contributed by atoms with Crippen LogP contribution in [0.1, 0.15) is 18.1 Å². The molecule has 0 aliphatic carbocycles. The summed E-state index contributed by atoms with van der Waals surface area (Å²) in [6.45, 7) is 4.10. The highest BCUT2D eigenvalue weighted by molar-refractivity contribution is 8.04. The number of aryl methyl sites for hydroxylation is 2. The third-order valence-corrected chi connectivity index (χ3v) is 6.34. The van der Waals surface area contributed by atoms with Crippen LogP contribution in [-0.4, -0.2) is 18.9 Å². The molecule has 0 aromatic heterocycles. The van der Waals surface area contributed by atoms with Crippen molar-refractivity contribution in [2.24, 2.45) is 0 Å². The van der Waals surface area contributed by atoms with Crippen molar-refractivity contribution in [3.63, 3.8) is 0 Å². The first kappa shape index (κ1) is 21.7. The average molecular weight is 445 g/mol. The zero-order valence-corrected chi connectivity index (χ0v) is 19.0. The van der Waals surface area contributed by atoms with E-state index in [9.17, 15) is 9.59 Å². The maximum absolute atomic E-state index is 13.4. The summed E-state index contributed by atoms with van der Waals surface area (Å²) in [4.78, 5) is 29.3. The van der Waals surface area contributed by atoms with Gasteiger partial charge in [0, 0.05) is 10.6 Å². The Hall–Kier alpha value is -3.51. The van der Waals surface area contributed by atoms with Gasteiger partial charge in [0.15, 0.2) is 0 Å². The Labute approximate surface area is 192 Å². The van der Waals surface area contributed by atoms with Crippen LogP contribution in [0.3, 0.4) is 0 Å². The number of nitrogens with one attached hydrogen (secondary N) is 1. The zero-order chi connectivity index (χ0) is 22.7. The largest absolute Gasteiger partial charge is 0.497 e. The summed E-state index contributed by atoms with van der Waals surface area (Å²) < 4.78 is 5.20. The van der Waals surface area contributed by atoms with Gasteiger partial charge in [0.25, 0.3) is 11.8 Å². The second kappa shape index (κ2) is 9.32. The molecule has 4 rings (SSSR count). The van der Waals surface area contributed by atoms with E-state index in [0.29, 0.717) is 16.3 Å². The van der Waals surface area contributed by atoms with E-state index in [1.807, 2.05) is 55.5 Å². The van der Waals surface area contributed by atoms with Crippen LogP contribution in [0.15, 0.2) is 88.3 Å². The molecule has 6 heteroatoms. The summed E-state index contributed by atoms with van der Waals surface area (Å²) in [6, 6.07) is 22.6. The van der Waals surface area contributed by atoms with Gasteiger partial charge in [-0.3, -0.25) is 9.59 Å². The molecule has 0 atom stereocenters. The number of ether oxygens (including phenoxy) is 1. The predicted octanol–water partition coefficient (Wildman–Crippen LogP) is 5.56. The summed E-state index contributed by atoms with van der Waals surface area (Å²) in [5.74, 6) is -0.0720. The highest BCUT2D eigenvalue weighted by Crippen LogP contribution is 2.38.